The molecule has 0 aliphatic rings. The number of nitrogens with two attached hydrogens (primary N) is 1. The number of hydrogen-bond acceptors (Lipinski definition) is 4. The molecule has 2 N–H and O–H groups in total. The molecule has 84 valence electrons. The summed E-state index contributed by atoms with van der Waals surface area (Å²) in [6.07, 6.45) is 0.750. The van der Waals surface area contributed by atoms with Gasteiger partial charge in [-0.1, -0.05) is 24.3 Å². The minimum atomic E-state index is 0.547. The highest BCUT2D eigenvalue weighted by molar-refractivity contribution is 5.27. The van der Waals surface area contributed by atoms with Crippen LogP contribution in [-0.2, 0) is 13.0 Å². The monoisotopic (exact) mass is 217 g/mol. The number of rotatable bonds is 4. The molecule has 2 aromatic rings. The molecule has 0 spiro atoms. The van der Waals surface area contributed by atoms with E-state index in [0.29, 0.717) is 13.1 Å². The van der Waals surface area contributed by atoms with Gasteiger partial charge >= 0.3 is 0 Å². The summed E-state index contributed by atoms with van der Waals surface area (Å²) in [5.41, 5.74) is 8.00. The number of nitrogens with zero attached hydrogens (tertiary/aromatic N) is 4. The van der Waals surface area contributed by atoms with Gasteiger partial charge in [-0.2, -0.15) is 0 Å². The summed E-state index contributed by atoms with van der Waals surface area (Å²) in [5, 5.41) is 11.6. The van der Waals surface area contributed by atoms with Crippen molar-refractivity contribution in [3.05, 3.63) is 41.2 Å². The minimum Gasteiger partial charge on any atom is -0.329 e. The Hall–Kier alpha value is -1.75. The molecule has 16 heavy (non-hydrogen) atoms. The van der Waals surface area contributed by atoms with Gasteiger partial charge in [0.25, 0.3) is 0 Å². The van der Waals surface area contributed by atoms with Gasteiger partial charge in [0.1, 0.15) is 0 Å². The number of tetrazole rings is 1. The van der Waals surface area contributed by atoms with Crippen molar-refractivity contribution in [2.24, 2.45) is 5.73 Å². The maximum absolute atomic E-state index is 5.50. The third-order valence-corrected chi connectivity index (χ3v) is 2.56. The molecular formula is C11H15N5. The van der Waals surface area contributed by atoms with E-state index < -0.39 is 0 Å². The third-order valence-electron chi connectivity index (χ3n) is 2.56. The Morgan fingerprint density at radius 1 is 1.31 bits per heavy atom. The quantitative estimate of drug-likeness (QED) is 0.811. The van der Waals surface area contributed by atoms with E-state index in [1.165, 1.54) is 11.1 Å². The highest BCUT2D eigenvalue weighted by Gasteiger charge is 2.07. The highest BCUT2D eigenvalue weighted by atomic mass is 15.5. The average Bonchev–Trinajstić information content (AvgIpc) is 2.70. The van der Waals surface area contributed by atoms with Gasteiger partial charge in [0.15, 0.2) is 5.82 Å². The largest absolute Gasteiger partial charge is 0.329 e. The maximum Gasteiger partial charge on any atom is 0.155 e. The van der Waals surface area contributed by atoms with Crippen molar-refractivity contribution >= 4 is 0 Å². The highest BCUT2D eigenvalue weighted by Crippen LogP contribution is 2.11. The molecule has 0 aliphatic carbocycles. The molecular weight excluding hydrogens is 202 g/mol. The summed E-state index contributed by atoms with van der Waals surface area (Å²) in [4.78, 5) is 0. The molecule has 0 bridgehead atoms. The molecule has 0 saturated heterocycles. The van der Waals surface area contributed by atoms with E-state index in [4.69, 9.17) is 5.73 Å². The van der Waals surface area contributed by atoms with Gasteiger partial charge in [-0.3, -0.25) is 0 Å². The molecule has 0 radical (unpaired) electrons. The lowest BCUT2D eigenvalue weighted by Gasteiger charge is -2.05. The topological polar surface area (TPSA) is 69.6 Å². The standard InChI is InChI=1S/C11H15N5/c1-9-4-2-3-5-10(9)8-11-13-14-15-16(11)7-6-12/h2-5H,6-8,12H2,1H3. The minimum absolute atomic E-state index is 0.547. The zero-order chi connectivity index (χ0) is 11.4. The predicted octanol–water partition coefficient (Wildman–Crippen LogP) is 0.531. The van der Waals surface area contributed by atoms with Crippen molar-refractivity contribution < 1.29 is 0 Å². The molecule has 5 nitrogen and oxygen atoms in total. The van der Waals surface area contributed by atoms with Gasteiger partial charge in [-0.15, -0.1) is 5.10 Å². The molecule has 1 aromatic carbocycles. The zero-order valence-electron chi connectivity index (χ0n) is 9.30. The van der Waals surface area contributed by atoms with Crippen LogP contribution in [0.5, 0.6) is 0 Å². The first kappa shape index (κ1) is 10.8. The van der Waals surface area contributed by atoms with Crippen LogP contribution in [-0.4, -0.2) is 26.8 Å². The molecule has 0 aliphatic heterocycles. The molecule has 2 rings (SSSR count). The number of aromatic nitrogens is 4. The Balaban J connectivity index is 2.20. The van der Waals surface area contributed by atoms with Crippen LogP contribution in [0.1, 0.15) is 17.0 Å². The lowest BCUT2D eigenvalue weighted by atomic mass is 10.1. The van der Waals surface area contributed by atoms with Crippen LogP contribution in [0.3, 0.4) is 0 Å². The van der Waals surface area contributed by atoms with Gasteiger partial charge in [0, 0.05) is 13.0 Å². The SMILES string of the molecule is Cc1ccccc1Cc1nnnn1CCN. The molecule has 0 unspecified atom stereocenters. The molecule has 0 amide bonds. The second-order valence-corrected chi connectivity index (χ2v) is 3.71. The average molecular weight is 217 g/mol. The van der Waals surface area contributed by atoms with E-state index in [0.717, 1.165) is 12.2 Å². The fourth-order valence-electron chi connectivity index (χ4n) is 1.62. The van der Waals surface area contributed by atoms with Gasteiger partial charge < -0.3 is 5.73 Å². The molecule has 1 heterocycles. The summed E-state index contributed by atoms with van der Waals surface area (Å²) >= 11 is 0. The van der Waals surface area contributed by atoms with Crippen molar-refractivity contribution in [3.8, 4) is 0 Å². The summed E-state index contributed by atoms with van der Waals surface area (Å²) in [6, 6.07) is 8.24. The van der Waals surface area contributed by atoms with Crippen molar-refractivity contribution in [3.63, 3.8) is 0 Å². The fraction of sp³-hybridized carbons (Fsp3) is 0.364. The van der Waals surface area contributed by atoms with Crippen LogP contribution in [0.25, 0.3) is 0 Å². The number of hydrogen-bond donors (Lipinski definition) is 1. The van der Waals surface area contributed by atoms with Gasteiger partial charge in [0.2, 0.25) is 0 Å². The Bertz CT molecular complexity index is 463. The third kappa shape index (κ3) is 2.25. The summed E-state index contributed by atoms with van der Waals surface area (Å²) in [5.74, 6) is 0.861. The Kier molecular flexibility index (Phi) is 3.26. The van der Waals surface area contributed by atoms with Gasteiger partial charge in [-0.05, 0) is 28.5 Å². The zero-order valence-corrected chi connectivity index (χ0v) is 9.30. The van der Waals surface area contributed by atoms with Crippen molar-refractivity contribution in [2.75, 3.05) is 6.54 Å². The van der Waals surface area contributed by atoms with Crippen molar-refractivity contribution in [1.29, 1.82) is 0 Å². The van der Waals surface area contributed by atoms with Gasteiger partial charge in [0.05, 0.1) is 6.54 Å². The molecule has 0 fully saturated rings. The lowest BCUT2D eigenvalue weighted by Crippen LogP contribution is -2.14. The normalized spacial score (nSPS) is 10.6. The van der Waals surface area contributed by atoms with E-state index in [1.54, 1.807) is 4.68 Å². The van der Waals surface area contributed by atoms with E-state index in [9.17, 15) is 0 Å². The van der Waals surface area contributed by atoms with E-state index in [2.05, 4.69) is 34.6 Å². The summed E-state index contributed by atoms with van der Waals surface area (Å²) in [6.45, 7) is 3.30. The van der Waals surface area contributed by atoms with E-state index >= 15 is 0 Å². The number of aryl methyl sites for hydroxylation is 1. The van der Waals surface area contributed by atoms with E-state index in [1.807, 2.05) is 12.1 Å². The van der Waals surface area contributed by atoms with Crippen LogP contribution in [0, 0.1) is 6.92 Å². The first-order chi connectivity index (χ1) is 7.81. The van der Waals surface area contributed by atoms with Crippen LogP contribution < -0.4 is 5.73 Å². The fourth-order valence-corrected chi connectivity index (χ4v) is 1.62. The first-order valence-corrected chi connectivity index (χ1v) is 5.31. The van der Waals surface area contributed by atoms with Crippen molar-refractivity contribution in [2.45, 2.75) is 19.9 Å². The van der Waals surface area contributed by atoms with Crippen molar-refractivity contribution in [1.82, 2.24) is 20.2 Å². The molecule has 5 heteroatoms. The Morgan fingerprint density at radius 2 is 2.12 bits per heavy atom. The lowest BCUT2D eigenvalue weighted by molar-refractivity contribution is 0.578. The summed E-state index contributed by atoms with van der Waals surface area (Å²) < 4.78 is 1.76. The molecule has 0 atom stereocenters. The predicted molar refractivity (Wildman–Crippen MR) is 60.9 cm³/mol. The van der Waals surface area contributed by atoms with E-state index in [-0.39, 0.29) is 0 Å². The van der Waals surface area contributed by atoms with Crippen LogP contribution in [0.4, 0.5) is 0 Å². The smallest absolute Gasteiger partial charge is 0.155 e. The Labute approximate surface area is 94.3 Å². The summed E-state index contributed by atoms with van der Waals surface area (Å²) in [7, 11) is 0. The Morgan fingerprint density at radius 3 is 2.88 bits per heavy atom. The van der Waals surface area contributed by atoms with Crippen LogP contribution in [0.15, 0.2) is 24.3 Å². The maximum atomic E-state index is 5.50. The number of benzene rings is 1. The van der Waals surface area contributed by atoms with Crippen LogP contribution >= 0.6 is 0 Å². The second kappa shape index (κ2) is 4.85. The van der Waals surface area contributed by atoms with Gasteiger partial charge in [-0.25, -0.2) is 4.68 Å². The molecule has 0 saturated carbocycles. The second-order valence-electron chi connectivity index (χ2n) is 3.71. The first-order valence-electron chi connectivity index (χ1n) is 5.31. The molecule has 1 aromatic heterocycles. The van der Waals surface area contributed by atoms with Crippen LogP contribution in [0.2, 0.25) is 0 Å².